The monoisotopic (exact) mass is 179 g/mol. The van der Waals surface area contributed by atoms with Gasteiger partial charge in [-0.1, -0.05) is 12.8 Å². The van der Waals surface area contributed by atoms with E-state index in [1.165, 1.54) is 36.9 Å². The Morgan fingerprint density at radius 1 is 1.54 bits per heavy atom. The zero-order valence-electron chi connectivity index (χ0n) is 8.16. The van der Waals surface area contributed by atoms with E-state index in [2.05, 4.69) is 16.7 Å². The van der Waals surface area contributed by atoms with Crippen LogP contribution in [0.25, 0.3) is 0 Å². The molecule has 0 aromatic carbocycles. The third kappa shape index (κ3) is 1.48. The number of rotatable bonds is 2. The summed E-state index contributed by atoms with van der Waals surface area (Å²) in [6.07, 6.45) is 7.18. The van der Waals surface area contributed by atoms with Gasteiger partial charge in [-0.25, -0.2) is 0 Å². The number of hydrogen-bond donors (Lipinski definition) is 1. The highest BCUT2D eigenvalue weighted by atomic mass is 15.3. The zero-order valence-corrected chi connectivity index (χ0v) is 8.16. The van der Waals surface area contributed by atoms with E-state index in [0.29, 0.717) is 12.6 Å². The molecule has 13 heavy (non-hydrogen) atoms. The number of nitrogens with zero attached hydrogens (tertiary/aromatic N) is 2. The molecule has 0 bridgehead atoms. The lowest BCUT2D eigenvalue weighted by atomic mass is 10.2. The van der Waals surface area contributed by atoms with Gasteiger partial charge in [0.25, 0.3) is 0 Å². The summed E-state index contributed by atoms with van der Waals surface area (Å²) in [7, 11) is 0. The van der Waals surface area contributed by atoms with E-state index in [1.807, 2.05) is 6.20 Å². The average Bonchev–Trinajstić information content (AvgIpc) is 2.72. The fourth-order valence-electron chi connectivity index (χ4n) is 2.18. The Bertz CT molecular complexity index is 284. The van der Waals surface area contributed by atoms with Gasteiger partial charge in [-0.05, 0) is 19.8 Å². The van der Waals surface area contributed by atoms with E-state index in [1.54, 1.807) is 0 Å². The minimum absolute atomic E-state index is 0.610. The molecule has 0 radical (unpaired) electrons. The van der Waals surface area contributed by atoms with Crippen LogP contribution in [-0.4, -0.2) is 9.78 Å². The van der Waals surface area contributed by atoms with Gasteiger partial charge in [0, 0.05) is 17.8 Å². The number of hydrogen-bond acceptors (Lipinski definition) is 2. The van der Waals surface area contributed by atoms with Crippen molar-refractivity contribution in [3.8, 4) is 0 Å². The van der Waals surface area contributed by atoms with E-state index >= 15 is 0 Å². The summed E-state index contributed by atoms with van der Waals surface area (Å²) in [5.41, 5.74) is 8.05. The van der Waals surface area contributed by atoms with Crippen LogP contribution in [0.5, 0.6) is 0 Å². The molecule has 2 rings (SSSR count). The van der Waals surface area contributed by atoms with Crippen molar-refractivity contribution >= 4 is 0 Å². The van der Waals surface area contributed by atoms with Crippen molar-refractivity contribution in [1.29, 1.82) is 0 Å². The maximum absolute atomic E-state index is 5.61. The third-order valence-corrected chi connectivity index (χ3v) is 3.04. The predicted molar refractivity (Wildman–Crippen MR) is 52.4 cm³/mol. The maximum Gasteiger partial charge on any atom is 0.0537 e. The van der Waals surface area contributed by atoms with Crippen LogP contribution in [0.15, 0.2) is 6.20 Å². The Morgan fingerprint density at radius 2 is 2.23 bits per heavy atom. The second-order valence-corrected chi connectivity index (χ2v) is 3.84. The number of nitrogens with two attached hydrogens (primary N) is 1. The SMILES string of the molecule is Cc1c(CN)cnn1C1CCCC1. The quantitative estimate of drug-likeness (QED) is 0.751. The molecule has 3 nitrogen and oxygen atoms in total. The molecule has 1 saturated carbocycles. The molecule has 1 aromatic heterocycles. The fraction of sp³-hybridized carbons (Fsp3) is 0.700. The molecule has 72 valence electrons. The zero-order chi connectivity index (χ0) is 9.26. The topological polar surface area (TPSA) is 43.8 Å². The standard InChI is InChI=1S/C10H17N3/c1-8-9(6-11)7-12-13(8)10-4-2-3-5-10/h7,10H,2-6,11H2,1H3. The smallest absolute Gasteiger partial charge is 0.0537 e. The van der Waals surface area contributed by atoms with E-state index in [-0.39, 0.29) is 0 Å². The highest BCUT2D eigenvalue weighted by molar-refractivity contribution is 5.16. The van der Waals surface area contributed by atoms with Crippen molar-refractivity contribution in [1.82, 2.24) is 9.78 Å². The molecule has 2 N–H and O–H groups in total. The molecule has 1 aromatic rings. The summed E-state index contributed by atoms with van der Waals surface area (Å²) in [4.78, 5) is 0. The average molecular weight is 179 g/mol. The first-order valence-corrected chi connectivity index (χ1v) is 5.06. The Labute approximate surface area is 78.9 Å². The molecule has 0 unspecified atom stereocenters. The molecule has 1 heterocycles. The third-order valence-electron chi connectivity index (χ3n) is 3.04. The van der Waals surface area contributed by atoms with Gasteiger partial charge in [-0.15, -0.1) is 0 Å². The van der Waals surface area contributed by atoms with Gasteiger partial charge in [-0.3, -0.25) is 4.68 Å². The van der Waals surface area contributed by atoms with E-state index in [0.717, 1.165) is 0 Å². The van der Waals surface area contributed by atoms with Gasteiger partial charge in [0.1, 0.15) is 0 Å². The van der Waals surface area contributed by atoms with Gasteiger partial charge < -0.3 is 5.73 Å². The van der Waals surface area contributed by atoms with E-state index in [4.69, 9.17) is 5.73 Å². The lowest BCUT2D eigenvalue weighted by Crippen LogP contribution is -2.09. The van der Waals surface area contributed by atoms with Crippen molar-refractivity contribution in [2.24, 2.45) is 5.73 Å². The summed E-state index contributed by atoms with van der Waals surface area (Å²) >= 11 is 0. The number of aromatic nitrogens is 2. The minimum Gasteiger partial charge on any atom is -0.326 e. The normalized spacial score (nSPS) is 18.3. The predicted octanol–water partition coefficient (Wildman–Crippen LogP) is 1.77. The van der Waals surface area contributed by atoms with Crippen molar-refractivity contribution in [3.63, 3.8) is 0 Å². The summed E-state index contributed by atoms with van der Waals surface area (Å²) in [6, 6.07) is 0.639. The van der Waals surface area contributed by atoms with Crippen molar-refractivity contribution < 1.29 is 0 Å². The molecule has 0 atom stereocenters. The van der Waals surface area contributed by atoms with Gasteiger partial charge in [0.05, 0.1) is 12.2 Å². The molecule has 1 aliphatic rings. The molecule has 3 heteroatoms. The summed E-state index contributed by atoms with van der Waals surface area (Å²) in [5, 5.41) is 4.41. The first kappa shape index (κ1) is 8.75. The first-order chi connectivity index (χ1) is 6.33. The molecular weight excluding hydrogens is 162 g/mol. The van der Waals surface area contributed by atoms with Crippen molar-refractivity contribution in [2.75, 3.05) is 0 Å². The fourth-order valence-corrected chi connectivity index (χ4v) is 2.18. The Hall–Kier alpha value is -0.830. The van der Waals surface area contributed by atoms with Crippen LogP contribution in [0, 0.1) is 6.92 Å². The van der Waals surface area contributed by atoms with Crippen LogP contribution in [0.3, 0.4) is 0 Å². The summed E-state index contributed by atoms with van der Waals surface area (Å²) in [5.74, 6) is 0. The highest BCUT2D eigenvalue weighted by Gasteiger charge is 2.19. The molecular formula is C10H17N3. The van der Waals surface area contributed by atoms with E-state index in [9.17, 15) is 0 Å². The second kappa shape index (κ2) is 3.50. The first-order valence-electron chi connectivity index (χ1n) is 5.06. The van der Waals surface area contributed by atoms with Crippen LogP contribution in [-0.2, 0) is 6.54 Å². The Morgan fingerprint density at radius 3 is 2.77 bits per heavy atom. The summed E-state index contributed by atoms with van der Waals surface area (Å²) in [6.45, 7) is 2.73. The molecule has 1 aliphatic carbocycles. The van der Waals surface area contributed by atoms with Crippen LogP contribution in [0.2, 0.25) is 0 Å². The van der Waals surface area contributed by atoms with Crippen LogP contribution in [0.1, 0.15) is 43.0 Å². The lowest BCUT2D eigenvalue weighted by molar-refractivity contribution is 0.456. The van der Waals surface area contributed by atoms with Crippen LogP contribution in [0.4, 0.5) is 0 Å². The molecule has 0 spiro atoms. The molecule has 0 saturated heterocycles. The van der Waals surface area contributed by atoms with Gasteiger partial charge in [0.2, 0.25) is 0 Å². The molecule has 0 amide bonds. The van der Waals surface area contributed by atoms with Crippen molar-refractivity contribution in [3.05, 3.63) is 17.5 Å². The largest absolute Gasteiger partial charge is 0.326 e. The van der Waals surface area contributed by atoms with Crippen LogP contribution < -0.4 is 5.73 Å². The Kier molecular flexibility index (Phi) is 2.36. The minimum atomic E-state index is 0.610. The molecule has 1 fully saturated rings. The molecule has 0 aliphatic heterocycles. The van der Waals surface area contributed by atoms with E-state index < -0.39 is 0 Å². The summed E-state index contributed by atoms with van der Waals surface area (Å²) < 4.78 is 2.16. The van der Waals surface area contributed by atoms with Crippen LogP contribution >= 0.6 is 0 Å². The Balaban J connectivity index is 2.24. The van der Waals surface area contributed by atoms with Gasteiger partial charge in [-0.2, -0.15) is 5.10 Å². The lowest BCUT2D eigenvalue weighted by Gasteiger charge is -2.12. The maximum atomic E-state index is 5.61. The van der Waals surface area contributed by atoms with Crippen molar-refractivity contribution in [2.45, 2.75) is 45.2 Å². The highest BCUT2D eigenvalue weighted by Crippen LogP contribution is 2.30. The van der Waals surface area contributed by atoms with Gasteiger partial charge >= 0.3 is 0 Å². The second-order valence-electron chi connectivity index (χ2n) is 3.84. The van der Waals surface area contributed by atoms with Gasteiger partial charge in [0.15, 0.2) is 0 Å².